The van der Waals surface area contributed by atoms with E-state index in [4.69, 9.17) is 4.74 Å². The minimum atomic E-state index is -0.470. The molecule has 2 unspecified atom stereocenters. The normalized spacial score (nSPS) is 21.9. The van der Waals surface area contributed by atoms with Crippen LogP contribution in [0.1, 0.15) is 111 Å². The number of hydrogen-bond acceptors (Lipinski definition) is 2. The van der Waals surface area contributed by atoms with E-state index in [1.54, 1.807) is 0 Å². The van der Waals surface area contributed by atoms with E-state index >= 15 is 0 Å². The predicted molar refractivity (Wildman–Crippen MR) is 112 cm³/mol. The highest BCUT2D eigenvalue weighted by Crippen LogP contribution is 2.28. The summed E-state index contributed by atoms with van der Waals surface area (Å²) in [6.45, 7) is 6.37. The van der Waals surface area contributed by atoms with E-state index in [1.807, 2.05) is 25.2 Å². The summed E-state index contributed by atoms with van der Waals surface area (Å²) in [7, 11) is 0. The molecule has 0 saturated heterocycles. The number of hydrogen-bond donors (Lipinski definition) is 0. The standard InChI is InChI=1S/C24H42O2/c1-4-5-6-7-8-9-10-11-12-13-14-15-16-20-23(25)26-24(3)21-18-17-19-22(24)2/h17-19,21-22H,4-16,20H2,1-3H3. The molecule has 0 heterocycles. The smallest absolute Gasteiger partial charge is 0.306 e. The molecule has 1 rings (SSSR count). The minimum absolute atomic E-state index is 0.0534. The van der Waals surface area contributed by atoms with Crippen molar-refractivity contribution in [1.29, 1.82) is 0 Å². The Balaban J connectivity index is 1.90. The lowest BCUT2D eigenvalue weighted by atomic mass is 9.87. The number of esters is 1. The van der Waals surface area contributed by atoms with E-state index in [9.17, 15) is 4.79 Å². The molecule has 2 nitrogen and oxygen atoms in total. The molecular weight excluding hydrogens is 320 g/mol. The molecule has 0 aromatic rings. The molecule has 0 fully saturated rings. The van der Waals surface area contributed by atoms with E-state index in [2.05, 4.69) is 19.9 Å². The van der Waals surface area contributed by atoms with Gasteiger partial charge < -0.3 is 4.74 Å². The van der Waals surface area contributed by atoms with Gasteiger partial charge in [-0.3, -0.25) is 4.79 Å². The highest BCUT2D eigenvalue weighted by molar-refractivity contribution is 5.70. The van der Waals surface area contributed by atoms with E-state index in [0.29, 0.717) is 6.42 Å². The zero-order valence-corrected chi connectivity index (χ0v) is 17.6. The van der Waals surface area contributed by atoms with Crippen LogP contribution in [0, 0.1) is 5.92 Å². The zero-order valence-electron chi connectivity index (χ0n) is 17.6. The number of ether oxygens (including phenoxy) is 1. The van der Waals surface area contributed by atoms with Crippen molar-refractivity contribution in [3.05, 3.63) is 24.3 Å². The molecule has 0 amide bonds. The van der Waals surface area contributed by atoms with Gasteiger partial charge in [0.15, 0.2) is 0 Å². The maximum atomic E-state index is 12.1. The second-order valence-corrected chi connectivity index (χ2v) is 8.18. The topological polar surface area (TPSA) is 26.3 Å². The average Bonchev–Trinajstić information content (AvgIpc) is 2.61. The second kappa shape index (κ2) is 14.1. The van der Waals surface area contributed by atoms with Crippen molar-refractivity contribution < 1.29 is 9.53 Å². The lowest BCUT2D eigenvalue weighted by molar-refractivity contribution is -0.156. The third-order valence-electron chi connectivity index (χ3n) is 5.66. The molecule has 1 aliphatic rings. The summed E-state index contributed by atoms with van der Waals surface area (Å²) in [6.07, 6.45) is 25.9. The van der Waals surface area contributed by atoms with Crippen LogP contribution in [0.4, 0.5) is 0 Å². The Bertz CT molecular complexity index is 424. The zero-order chi connectivity index (χ0) is 19.1. The van der Waals surface area contributed by atoms with E-state index in [0.717, 1.165) is 12.8 Å². The van der Waals surface area contributed by atoms with Gasteiger partial charge in [0.05, 0.1) is 0 Å². The number of rotatable bonds is 15. The molecule has 0 bridgehead atoms. The van der Waals surface area contributed by atoms with Gasteiger partial charge in [0.25, 0.3) is 0 Å². The number of carbonyl (C=O) groups is 1. The molecule has 0 spiro atoms. The monoisotopic (exact) mass is 362 g/mol. The molecule has 0 aromatic heterocycles. The lowest BCUT2D eigenvalue weighted by Gasteiger charge is -2.32. The van der Waals surface area contributed by atoms with Crippen molar-refractivity contribution >= 4 is 5.97 Å². The first kappa shape index (κ1) is 23.0. The van der Waals surface area contributed by atoms with Crippen LogP contribution in [-0.4, -0.2) is 11.6 Å². The van der Waals surface area contributed by atoms with Crippen LogP contribution >= 0.6 is 0 Å². The van der Waals surface area contributed by atoms with Crippen molar-refractivity contribution in [3.63, 3.8) is 0 Å². The van der Waals surface area contributed by atoms with Gasteiger partial charge in [-0.25, -0.2) is 0 Å². The summed E-state index contributed by atoms with van der Waals surface area (Å²) in [5.74, 6) is 0.186. The summed E-state index contributed by atoms with van der Waals surface area (Å²) in [5.41, 5.74) is -0.470. The van der Waals surface area contributed by atoms with Crippen LogP contribution in [0.5, 0.6) is 0 Å². The van der Waals surface area contributed by atoms with Crippen LogP contribution in [0.2, 0.25) is 0 Å². The summed E-state index contributed by atoms with van der Waals surface area (Å²) in [5, 5.41) is 0. The number of carbonyl (C=O) groups excluding carboxylic acids is 1. The van der Waals surface area contributed by atoms with Gasteiger partial charge in [-0.15, -0.1) is 0 Å². The molecule has 0 saturated carbocycles. The first-order valence-corrected chi connectivity index (χ1v) is 11.2. The van der Waals surface area contributed by atoms with Crippen LogP contribution in [0.15, 0.2) is 24.3 Å². The fourth-order valence-electron chi connectivity index (χ4n) is 3.53. The third-order valence-corrected chi connectivity index (χ3v) is 5.66. The van der Waals surface area contributed by atoms with Crippen molar-refractivity contribution in [2.24, 2.45) is 5.92 Å². The largest absolute Gasteiger partial charge is 0.454 e. The third kappa shape index (κ3) is 10.2. The Hall–Kier alpha value is -1.05. The molecule has 0 N–H and O–H groups in total. The Morgan fingerprint density at radius 2 is 1.35 bits per heavy atom. The van der Waals surface area contributed by atoms with Crippen LogP contribution in [0.25, 0.3) is 0 Å². The van der Waals surface area contributed by atoms with Gasteiger partial charge in [0.2, 0.25) is 0 Å². The van der Waals surface area contributed by atoms with Crippen molar-refractivity contribution in [2.45, 2.75) is 116 Å². The van der Waals surface area contributed by atoms with E-state index in [-0.39, 0.29) is 11.9 Å². The maximum absolute atomic E-state index is 12.1. The molecular formula is C24H42O2. The van der Waals surface area contributed by atoms with Gasteiger partial charge in [-0.1, -0.05) is 109 Å². The molecule has 0 radical (unpaired) electrons. The molecule has 2 atom stereocenters. The van der Waals surface area contributed by atoms with Crippen LogP contribution in [-0.2, 0) is 9.53 Å². The lowest BCUT2D eigenvalue weighted by Crippen LogP contribution is -2.36. The molecule has 150 valence electrons. The van der Waals surface area contributed by atoms with Gasteiger partial charge >= 0.3 is 5.97 Å². The Morgan fingerprint density at radius 1 is 0.846 bits per heavy atom. The van der Waals surface area contributed by atoms with Crippen LogP contribution in [0.3, 0.4) is 0 Å². The summed E-state index contributed by atoms with van der Waals surface area (Å²) >= 11 is 0. The van der Waals surface area contributed by atoms with Gasteiger partial charge in [0.1, 0.15) is 5.60 Å². The van der Waals surface area contributed by atoms with Gasteiger partial charge in [0, 0.05) is 12.3 Å². The molecule has 0 aromatic carbocycles. The minimum Gasteiger partial charge on any atom is -0.454 e. The van der Waals surface area contributed by atoms with Crippen molar-refractivity contribution in [1.82, 2.24) is 0 Å². The Kier molecular flexibility index (Phi) is 12.4. The van der Waals surface area contributed by atoms with Gasteiger partial charge in [-0.2, -0.15) is 0 Å². The quantitative estimate of drug-likeness (QED) is 0.222. The van der Waals surface area contributed by atoms with Crippen molar-refractivity contribution in [3.8, 4) is 0 Å². The highest BCUT2D eigenvalue weighted by atomic mass is 16.6. The predicted octanol–water partition coefficient (Wildman–Crippen LogP) is 7.53. The summed E-state index contributed by atoms with van der Waals surface area (Å²) < 4.78 is 5.72. The second-order valence-electron chi connectivity index (χ2n) is 8.18. The summed E-state index contributed by atoms with van der Waals surface area (Å²) in [6, 6.07) is 0. The number of allylic oxidation sites excluding steroid dienone is 2. The summed E-state index contributed by atoms with van der Waals surface area (Å²) in [4.78, 5) is 12.1. The highest BCUT2D eigenvalue weighted by Gasteiger charge is 2.32. The average molecular weight is 363 g/mol. The fraction of sp³-hybridized carbons (Fsp3) is 0.792. The molecule has 0 aliphatic heterocycles. The molecule has 2 heteroatoms. The number of unbranched alkanes of at least 4 members (excludes halogenated alkanes) is 12. The van der Waals surface area contributed by atoms with E-state index in [1.165, 1.54) is 70.6 Å². The fourth-order valence-corrected chi connectivity index (χ4v) is 3.53. The van der Waals surface area contributed by atoms with Gasteiger partial charge in [-0.05, 0) is 19.4 Å². The molecule has 26 heavy (non-hydrogen) atoms. The first-order valence-electron chi connectivity index (χ1n) is 11.2. The SMILES string of the molecule is CCCCCCCCCCCCCCCC(=O)OC1(C)C=CC=CC1C. The maximum Gasteiger partial charge on any atom is 0.306 e. The van der Waals surface area contributed by atoms with Crippen LogP contribution < -0.4 is 0 Å². The van der Waals surface area contributed by atoms with Crippen molar-refractivity contribution in [2.75, 3.05) is 0 Å². The molecule has 1 aliphatic carbocycles. The Labute approximate surface area is 162 Å². The van der Waals surface area contributed by atoms with E-state index < -0.39 is 5.60 Å². The first-order chi connectivity index (χ1) is 12.6. The Morgan fingerprint density at radius 3 is 1.85 bits per heavy atom.